The van der Waals surface area contributed by atoms with Crippen LogP contribution >= 0.6 is 0 Å². The van der Waals surface area contributed by atoms with Crippen molar-refractivity contribution >= 4 is 18.0 Å². The Morgan fingerprint density at radius 1 is 1.30 bits per heavy atom. The molecule has 1 aromatic carbocycles. The van der Waals surface area contributed by atoms with E-state index >= 15 is 0 Å². The van der Waals surface area contributed by atoms with Gasteiger partial charge in [0, 0.05) is 20.2 Å². The highest BCUT2D eigenvalue weighted by molar-refractivity contribution is 5.94. The van der Waals surface area contributed by atoms with Gasteiger partial charge >= 0.3 is 0 Å². The van der Waals surface area contributed by atoms with Crippen molar-refractivity contribution < 1.29 is 13.6 Å². The quantitative estimate of drug-likeness (QED) is 0.687. The van der Waals surface area contributed by atoms with Gasteiger partial charge in [-0.15, -0.1) is 0 Å². The number of carbonyl (C=O) groups is 1. The van der Waals surface area contributed by atoms with Crippen LogP contribution in [-0.4, -0.2) is 26.2 Å². The Labute approximate surface area is 115 Å². The summed E-state index contributed by atoms with van der Waals surface area (Å²) in [5, 5.41) is 3.73. The van der Waals surface area contributed by atoms with Gasteiger partial charge in [0.15, 0.2) is 5.88 Å². The Balaban J connectivity index is 1.99. The standard InChI is InChI=1S/C14H14FN3O2/c1-18(2)13-8-7-10(20-13)9-16-17-14(19)11-5-3-4-6-12(11)15/h3-9H,1-2H3,(H,17,19)/b16-9-. The fourth-order valence-electron chi connectivity index (χ4n) is 1.51. The van der Waals surface area contributed by atoms with E-state index in [-0.39, 0.29) is 5.56 Å². The third kappa shape index (κ3) is 3.23. The van der Waals surface area contributed by atoms with Gasteiger partial charge in [-0.1, -0.05) is 12.1 Å². The zero-order valence-electron chi connectivity index (χ0n) is 11.1. The number of furan rings is 1. The molecule has 5 nitrogen and oxygen atoms in total. The molecule has 2 aromatic rings. The SMILES string of the molecule is CN(C)c1ccc(/C=N\NC(=O)c2ccccc2F)o1. The predicted molar refractivity (Wildman–Crippen MR) is 74.5 cm³/mol. The Hall–Kier alpha value is -2.63. The molecule has 0 bridgehead atoms. The van der Waals surface area contributed by atoms with Crippen LogP contribution < -0.4 is 10.3 Å². The molecule has 1 amide bonds. The molecule has 0 aliphatic heterocycles. The molecule has 0 spiro atoms. The molecule has 0 saturated heterocycles. The highest BCUT2D eigenvalue weighted by Gasteiger charge is 2.09. The van der Waals surface area contributed by atoms with E-state index in [1.165, 1.54) is 24.4 Å². The normalized spacial score (nSPS) is 10.8. The number of benzene rings is 1. The van der Waals surface area contributed by atoms with Crippen molar-refractivity contribution in [1.29, 1.82) is 0 Å². The first-order valence-corrected chi connectivity index (χ1v) is 5.93. The molecule has 0 saturated carbocycles. The summed E-state index contributed by atoms with van der Waals surface area (Å²) in [7, 11) is 3.69. The number of nitrogens with zero attached hydrogens (tertiary/aromatic N) is 2. The Morgan fingerprint density at radius 3 is 2.70 bits per heavy atom. The summed E-state index contributed by atoms with van der Waals surface area (Å²) in [6.45, 7) is 0. The molecule has 0 unspecified atom stereocenters. The first-order chi connectivity index (χ1) is 9.58. The van der Waals surface area contributed by atoms with Gasteiger partial charge in [-0.2, -0.15) is 5.10 Å². The van der Waals surface area contributed by atoms with Crippen molar-refractivity contribution in [1.82, 2.24) is 5.43 Å². The maximum absolute atomic E-state index is 13.3. The van der Waals surface area contributed by atoms with Crippen molar-refractivity contribution in [2.45, 2.75) is 0 Å². The summed E-state index contributed by atoms with van der Waals surface area (Å²) in [6, 6.07) is 9.19. The number of hydrazone groups is 1. The zero-order chi connectivity index (χ0) is 14.5. The highest BCUT2D eigenvalue weighted by Crippen LogP contribution is 2.14. The first kappa shape index (κ1) is 13.8. The predicted octanol–water partition coefficient (Wildman–Crippen LogP) is 2.25. The molecule has 104 valence electrons. The zero-order valence-corrected chi connectivity index (χ0v) is 11.1. The van der Waals surface area contributed by atoms with Crippen LogP contribution in [0.4, 0.5) is 10.3 Å². The van der Waals surface area contributed by atoms with Crippen LogP contribution in [0.3, 0.4) is 0 Å². The number of halogens is 1. The maximum atomic E-state index is 13.3. The first-order valence-electron chi connectivity index (χ1n) is 5.93. The van der Waals surface area contributed by atoms with Crippen molar-refractivity contribution in [2.75, 3.05) is 19.0 Å². The molecule has 20 heavy (non-hydrogen) atoms. The van der Waals surface area contributed by atoms with Crippen molar-refractivity contribution in [3.05, 3.63) is 53.5 Å². The maximum Gasteiger partial charge on any atom is 0.274 e. The van der Waals surface area contributed by atoms with Gasteiger partial charge in [0.25, 0.3) is 5.91 Å². The fourth-order valence-corrected chi connectivity index (χ4v) is 1.51. The van der Waals surface area contributed by atoms with Gasteiger partial charge in [0.1, 0.15) is 11.6 Å². The van der Waals surface area contributed by atoms with E-state index in [1.54, 1.807) is 23.1 Å². The Morgan fingerprint density at radius 2 is 2.05 bits per heavy atom. The van der Waals surface area contributed by atoms with Gasteiger partial charge in [-0.3, -0.25) is 4.79 Å². The van der Waals surface area contributed by atoms with E-state index in [0.29, 0.717) is 11.6 Å². The summed E-state index contributed by atoms with van der Waals surface area (Å²) in [5.74, 6) is -0.0405. The molecule has 6 heteroatoms. The molecule has 2 rings (SSSR count). The second kappa shape index (κ2) is 6.01. The number of rotatable bonds is 4. The fraction of sp³-hybridized carbons (Fsp3) is 0.143. The molecule has 0 atom stereocenters. The average molecular weight is 275 g/mol. The van der Waals surface area contributed by atoms with E-state index in [2.05, 4.69) is 10.5 Å². The average Bonchev–Trinajstić information content (AvgIpc) is 2.88. The van der Waals surface area contributed by atoms with Crippen molar-refractivity contribution in [2.24, 2.45) is 5.10 Å². The monoisotopic (exact) mass is 275 g/mol. The van der Waals surface area contributed by atoms with E-state index in [1.807, 2.05) is 14.1 Å². The molecule has 1 N–H and O–H groups in total. The minimum atomic E-state index is -0.612. The number of amides is 1. The minimum Gasteiger partial charge on any atom is -0.440 e. The number of hydrogen-bond acceptors (Lipinski definition) is 4. The second-order valence-corrected chi connectivity index (χ2v) is 4.25. The van der Waals surface area contributed by atoms with E-state index in [9.17, 15) is 9.18 Å². The van der Waals surface area contributed by atoms with Gasteiger partial charge in [0.05, 0.1) is 11.8 Å². The molecular formula is C14H14FN3O2. The van der Waals surface area contributed by atoms with Crippen LogP contribution in [0.1, 0.15) is 16.1 Å². The highest BCUT2D eigenvalue weighted by atomic mass is 19.1. The van der Waals surface area contributed by atoms with Crippen molar-refractivity contribution in [3.8, 4) is 0 Å². The van der Waals surface area contributed by atoms with E-state index in [4.69, 9.17) is 4.42 Å². The molecule has 1 aromatic heterocycles. The number of nitrogens with one attached hydrogen (secondary N) is 1. The molecular weight excluding hydrogens is 261 g/mol. The van der Waals surface area contributed by atoms with E-state index < -0.39 is 11.7 Å². The number of anilines is 1. The summed E-state index contributed by atoms with van der Waals surface area (Å²) >= 11 is 0. The third-order valence-corrected chi connectivity index (χ3v) is 2.53. The van der Waals surface area contributed by atoms with Crippen LogP contribution in [0.25, 0.3) is 0 Å². The summed E-state index contributed by atoms with van der Waals surface area (Å²) < 4.78 is 18.8. The van der Waals surface area contributed by atoms with Gasteiger partial charge in [0.2, 0.25) is 0 Å². The smallest absolute Gasteiger partial charge is 0.274 e. The Bertz CT molecular complexity index is 635. The van der Waals surface area contributed by atoms with E-state index in [0.717, 1.165) is 0 Å². The van der Waals surface area contributed by atoms with Crippen LogP contribution in [0.2, 0.25) is 0 Å². The lowest BCUT2D eigenvalue weighted by atomic mass is 10.2. The molecule has 0 fully saturated rings. The summed E-state index contributed by atoms with van der Waals surface area (Å²) in [4.78, 5) is 13.5. The second-order valence-electron chi connectivity index (χ2n) is 4.25. The minimum absolute atomic E-state index is 0.0573. The van der Waals surface area contributed by atoms with Crippen LogP contribution in [-0.2, 0) is 0 Å². The van der Waals surface area contributed by atoms with Crippen LogP contribution in [0.15, 0.2) is 45.9 Å². The van der Waals surface area contributed by atoms with Gasteiger partial charge in [-0.25, -0.2) is 9.82 Å². The topological polar surface area (TPSA) is 57.8 Å². The van der Waals surface area contributed by atoms with Gasteiger partial charge < -0.3 is 9.32 Å². The lowest BCUT2D eigenvalue weighted by molar-refractivity contribution is 0.0951. The van der Waals surface area contributed by atoms with Gasteiger partial charge in [-0.05, 0) is 18.2 Å². The van der Waals surface area contributed by atoms with Crippen LogP contribution in [0.5, 0.6) is 0 Å². The molecule has 1 heterocycles. The van der Waals surface area contributed by atoms with Crippen molar-refractivity contribution in [3.63, 3.8) is 0 Å². The largest absolute Gasteiger partial charge is 0.440 e. The third-order valence-electron chi connectivity index (χ3n) is 2.53. The van der Waals surface area contributed by atoms with Crippen LogP contribution in [0, 0.1) is 5.82 Å². The summed E-state index contributed by atoms with van der Waals surface area (Å²) in [6.07, 6.45) is 1.35. The molecule has 0 radical (unpaired) electrons. The number of hydrogen-bond donors (Lipinski definition) is 1. The molecule has 0 aliphatic rings. The molecule has 0 aliphatic carbocycles. The Kier molecular flexibility index (Phi) is 4.14. The lowest BCUT2D eigenvalue weighted by Gasteiger charge is -2.05. The lowest BCUT2D eigenvalue weighted by Crippen LogP contribution is -2.18. The summed E-state index contributed by atoms with van der Waals surface area (Å²) in [5.41, 5.74) is 2.19. The number of carbonyl (C=O) groups excluding carboxylic acids is 1.